The van der Waals surface area contributed by atoms with Crippen molar-refractivity contribution in [3.63, 3.8) is 0 Å². The zero-order valence-electron chi connectivity index (χ0n) is 13.1. The van der Waals surface area contributed by atoms with Crippen molar-refractivity contribution in [2.75, 3.05) is 6.54 Å². The van der Waals surface area contributed by atoms with E-state index in [4.69, 9.17) is 16.9 Å². The van der Waals surface area contributed by atoms with Gasteiger partial charge in [0.15, 0.2) is 0 Å². The van der Waals surface area contributed by atoms with Gasteiger partial charge in [-0.2, -0.15) is 22.5 Å². The van der Waals surface area contributed by atoms with Crippen LogP contribution in [-0.2, 0) is 22.6 Å². The molecule has 2 heterocycles. The minimum absolute atomic E-state index is 0.0246. The number of benzene rings is 1. The minimum Gasteiger partial charge on any atom is -0.481 e. The van der Waals surface area contributed by atoms with E-state index >= 15 is 0 Å². The quantitative estimate of drug-likeness (QED) is 0.772. The van der Waals surface area contributed by atoms with Crippen LogP contribution in [0.15, 0.2) is 16.7 Å². The fourth-order valence-corrected chi connectivity index (χ4v) is 4.20. The Morgan fingerprint density at radius 2 is 2.15 bits per heavy atom. The number of rotatable bonds is 3. The van der Waals surface area contributed by atoms with E-state index < -0.39 is 36.9 Å². The molecule has 0 aliphatic carbocycles. The first-order valence-corrected chi connectivity index (χ1v) is 8.61. The highest BCUT2D eigenvalue weighted by Gasteiger charge is 2.39. The zero-order chi connectivity index (χ0) is 19.2. The molecular formula is C15H12BrClF3N3O3. The van der Waals surface area contributed by atoms with Gasteiger partial charge >= 0.3 is 12.1 Å². The topological polar surface area (TPSA) is 75.4 Å². The first-order valence-electron chi connectivity index (χ1n) is 7.48. The van der Waals surface area contributed by atoms with Crippen molar-refractivity contribution in [2.24, 2.45) is 5.92 Å². The lowest BCUT2D eigenvalue weighted by atomic mass is 9.93. The monoisotopic (exact) mass is 453 g/mol. The second-order valence-corrected chi connectivity index (χ2v) is 7.25. The van der Waals surface area contributed by atoms with Crippen molar-refractivity contribution in [1.29, 1.82) is 0 Å². The molecule has 140 valence electrons. The highest BCUT2D eigenvalue weighted by molar-refractivity contribution is 9.10. The minimum atomic E-state index is -4.60. The number of aromatic nitrogens is 2. The Bertz CT molecular complexity index is 900. The molecule has 1 aromatic carbocycles. The van der Waals surface area contributed by atoms with E-state index in [1.54, 1.807) is 6.07 Å². The Morgan fingerprint density at radius 1 is 1.46 bits per heavy atom. The van der Waals surface area contributed by atoms with Crippen LogP contribution in [0.25, 0.3) is 10.9 Å². The summed E-state index contributed by atoms with van der Waals surface area (Å²) < 4.78 is 40.4. The van der Waals surface area contributed by atoms with E-state index in [2.05, 4.69) is 21.0 Å². The molecule has 6 nitrogen and oxygen atoms in total. The summed E-state index contributed by atoms with van der Waals surface area (Å²) in [5.41, 5.74) is 1.56. The van der Waals surface area contributed by atoms with E-state index in [0.29, 0.717) is 31.4 Å². The fourth-order valence-electron chi connectivity index (χ4n) is 3.21. The largest absolute Gasteiger partial charge is 0.481 e. The second kappa shape index (κ2) is 6.73. The molecule has 1 aromatic heterocycles. The molecule has 26 heavy (non-hydrogen) atoms. The van der Waals surface area contributed by atoms with E-state index in [1.165, 1.54) is 6.20 Å². The average molecular weight is 455 g/mol. The zero-order valence-corrected chi connectivity index (χ0v) is 15.4. The molecule has 0 spiro atoms. The number of hydrogen-bond acceptors (Lipinski definition) is 3. The van der Waals surface area contributed by atoms with Crippen molar-refractivity contribution in [3.05, 3.63) is 27.9 Å². The van der Waals surface area contributed by atoms with Crippen LogP contribution in [0.4, 0.5) is 13.2 Å². The van der Waals surface area contributed by atoms with Crippen LogP contribution in [0.3, 0.4) is 0 Å². The summed E-state index contributed by atoms with van der Waals surface area (Å²) in [5, 5.41) is 13.5. The van der Waals surface area contributed by atoms with Gasteiger partial charge in [0.1, 0.15) is 12.1 Å². The van der Waals surface area contributed by atoms with Crippen molar-refractivity contribution >= 4 is 50.5 Å². The molecule has 1 amide bonds. The maximum atomic E-state index is 12.9. The maximum absolute atomic E-state index is 12.9. The lowest BCUT2D eigenvalue weighted by Gasteiger charge is -2.25. The smallest absolute Gasteiger partial charge is 0.406 e. The Hall–Kier alpha value is -1.81. The summed E-state index contributed by atoms with van der Waals surface area (Å²) >= 11 is 9.31. The number of alkyl halides is 3. The Labute approximate surface area is 158 Å². The third kappa shape index (κ3) is 3.66. The van der Waals surface area contributed by atoms with Crippen molar-refractivity contribution in [3.8, 4) is 0 Å². The van der Waals surface area contributed by atoms with Gasteiger partial charge in [-0.25, -0.2) is 0 Å². The number of hydrogen-bond donors (Lipinski definition) is 1. The molecule has 1 atom stereocenters. The maximum Gasteiger partial charge on any atom is 0.406 e. The number of carbonyl (C=O) groups is 2. The molecule has 11 heteroatoms. The summed E-state index contributed by atoms with van der Waals surface area (Å²) in [7, 11) is 0. The Kier molecular flexibility index (Phi) is 4.91. The molecule has 1 N–H and O–H groups in total. The molecule has 0 radical (unpaired) electrons. The van der Waals surface area contributed by atoms with Gasteiger partial charge in [0.2, 0.25) is 5.91 Å². The highest BCUT2D eigenvalue weighted by atomic mass is 79.9. The first-order chi connectivity index (χ1) is 12.1. The van der Waals surface area contributed by atoms with Crippen LogP contribution >= 0.6 is 27.7 Å². The number of carboxylic acids is 1. The summed E-state index contributed by atoms with van der Waals surface area (Å²) in [5.74, 6) is -3.15. The molecule has 0 saturated carbocycles. The van der Waals surface area contributed by atoms with Crippen molar-refractivity contribution in [2.45, 2.75) is 25.6 Å². The summed E-state index contributed by atoms with van der Waals surface area (Å²) in [6, 6.07) is 1.65. The van der Waals surface area contributed by atoms with Crippen LogP contribution in [0.1, 0.15) is 17.5 Å². The van der Waals surface area contributed by atoms with Gasteiger partial charge in [0, 0.05) is 28.2 Å². The summed E-state index contributed by atoms with van der Waals surface area (Å²) in [6.07, 6.45) is -3.70. The Morgan fingerprint density at radius 3 is 2.77 bits per heavy atom. The average Bonchev–Trinajstić information content (AvgIpc) is 2.84. The molecule has 1 aliphatic heterocycles. The normalized spacial score (nSPS) is 18.1. The van der Waals surface area contributed by atoms with Gasteiger partial charge in [-0.15, -0.1) is 0 Å². The molecular weight excluding hydrogens is 443 g/mol. The van der Waals surface area contributed by atoms with E-state index in [9.17, 15) is 22.8 Å². The fraction of sp³-hybridized carbons (Fsp3) is 0.400. The number of carboxylic acid groups (broad SMARTS) is 1. The third-order valence-corrected chi connectivity index (χ3v) is 5.10. The van der Waals surface area contributed by atoms with Crippen LogP contribution < -0.4 is 0 Å². The number of halogens is 5. The second-order valence-electron chi connectivity index (χ2n) is 6.07. The SMILES string of the molecule is O=C(O)CC1Cc2cc(Br)c3c(cnn3Cl)c2CN(CC(F)(F)F)C1=O. The molecule has 1 unspecified atom stereocenters. The van der Waals surface area contributed by atoms with Crippen LogP contribution in [0, 0.1) is 5.92 Å². The standard InChI is InChI=1S/C15H12BrClF3N3O3/c16-11-2-7-1-8(3-12(24)25)14(26)22(6-15(18,19)20)5-10(7)9-4-21-23(17)13(9)11/h2,4,8H,1,3,5-6H2,(H,24,25). The van der Waals surface area contributed by atoms with E-state index in [0.717, 1.165) is 4.20 Å². The molecule has 0 saturated heterocycles. The van der Waals surface area contributed by atoms with Gasteiger partial charge in [0.05, 0.1) is 18.5 Å². The van der Waals surface area contributed by atoms with E-state index in [1.807, 2.05) is 0 Å². The molecule has 2 aromatic rings. The van der Waals surface area contributed by atoms with Gasteiger partial charge < -0.3 is 10.0 Å². The van der Waals surface area contributed by atoms with Crippen LogP contribution in [-0.4, -0.2) is 43.9 Å². The molecule has 1 aliphatic rings. The molecule has 0 fully saturated rings. The number of nitrogens with zero attached hydrogens (tertiary/aromatic N) is 3. The van der Waals surface area contributed by atoms with Crippen LogP contribution in [0.5, 0.6) is 0 Å². The predicted octanol–water partition coefficient (Wildman–Crippen LogP) is 3.34. The number of fused-ring (bicyclic) bond motifs is 3. The van der Waals surface area contributed by atoms with Crippen molar-refractivity contribution < 1.29 is 27.9 Å². The Balaban J connectivity index is 2.14. The molecule has 0 bridgehead atoms. The van der Waals surface area contributed by atoms with Crippen LogP contribution in [0.2, 0.25) is 0 Å². The van der Waals surface area contributed by atoms with Gasteiger partial charge in [-0.1, -0.05) is 0 Å². The third-order valence-electron chi connectivity index (χ3n) is 4.24. The first kappa shape index (κ1) is 19.0. The number of carbonyl (C=O) groups excluding carboxylic acids is 1. The van der Waals surface area contributed by atoms with Gasteiger partial charge in [-0.05, 0) is 39.5 Å². The highest BCUT2D eigenvalue weighted by Crippen LogP contribution is 2.36. The predicted molar refractivity (Wildman–Crippen MR) is 89.6 cm³/mol. The van der Waals surface area contributed by atoms with Crippen molar-refractivity contribution in [1.82, 2.24) is 14.2 Å². The van der Waals surface area contributed by atoms with E-state index in [-0.39, 0.29) is 13.0 Å². The van der Waals surface area contributed by atoms with Gasteiger partial charge in [-0.3, -0.25) is 9.59 Å². The van der Waals surface area contributed by atoms with Gasteiger partial charge in [0.25, 0.3) is 0 Å². The number of amides is 1. The summed E-state index contributed by atoms with van der Waals surface area (Å²) in [4.78, 5) is 24.3. The lowest BCUT2D eigenvalue weighted by Crippen LogP contribution is -2.41. The summed E-state index contributed by atoms with van der Waals surface area (Å²) in [6.45, 7) is -1.75. The molecule has 3 rings (SSSR count). The lowest BCUT2D eigenvalue weighted by molar-refractivity contribution is -0.165. The number of aliphatic carboxylic acids is 1.